The molecule has 5 heteroatoms. The van der Waals surface area contributed by atoms with Crippen molar-refractivity contribution in [3.63, 3.8) is 0 Å². The number of aromatic nitrogens is 2. The molecule has 0 aromatic carbocycles. The van der Waals surface area contributed by atoms with Gasteiger partial charge in [0.2, 0.25) is 5.88 Å². The first-order valence-corrected chi connectivity index (χ1v) is 6.16. The molecule has 1 aliphatic heterocycles. The summed E-state index contributed by atoms with van der Waals surface area (Å²) in [6.07, 6.45) is 4.56. The Bertz CT molecular complexity index is 401. The van der Waals surface area contributed by atoms with Gasteiger partial charge in [-0.25, -0.2) is 4.98 Å². The molecule has 2 aliphatic rings. The first kappa shape index (κ1) is 10.8. The van der Waals surface area contributed by atoms with Gasteiger partial charge in [0.05, 0.1) is 7.11 Å². The molecule has 0 radical (unpaired) electrons. The Hall–Kier alpha value is -1.36. The van der Waals surface area contributed by atoms with Crippen molar-refractivity contribution in [1.82, 2.24) is 9.97 Å². The molecule has 1 unspecified atom stereocenters. The van der Waals surface area contributed by atoms with Gasteiger partial charge in [-0.05, 0) is 25.7 Å². The van der Waals surface area contributed by atoms with Crippen LogP contribution in [0.1, 0.15) is 37.6 Å². The largest absolute Gasteiger partial charge is 0.481 e. The first-order chi connectivity index (χ1) is 8.35. The van der Waals surface area contributed by atoms with Crippen LogP contribution in [0.25, 0.3) is 0 Å². The van der Waals surface area contributed by atoms with E-state index in [2.05, 4.69) is 15.3 Å². The van der Waals surface area contributed by atoms with Crippen LogP contribution in [0.4, 0.5) is 5.82 Å². The minimum absolute atomic E-state index is 0.0323. The maximum atomic E-state index is 5.61. The maximum Gasteiger partial charge on any atom is 0.218 e. The second kappa shape index (κ2) is 4.49. The van der Waals surface area contributed by atoms with Crippen LogP contribution in [0, 0.1) is 0 Å². The predicted octanol–water partition coefficient (Wildman–Crippen LogP) is 1.91. The zero-order valence-electron chi connectivity index (χ0n) is 9.98. The monoisotopic (exact) mass is 235 g/mol. The molecule has 92 valence electrons. The van der Waals surface area contributed by atoms with Crippen molar-refractivity contribution in [2.45, 2.75) is 37.8 Å². The predicted molar refractivity (Wildman–Crippen MR) is 63.2 cm³/mol. The summed E-state index contributed by atoms with van der Waals surface area (Å²) < 4.78 is 10.8. The fourth-order valence-electron chi connectivity index (χ4n) is 1.98. The summed E-state index contributed by atoms with van der Waals surface area (Å²) in [5, 5.41) is 3.37. The van der Waals surface area contributed by atoms with E-state index < -0.39 is 0 Å². The molecule has 1 N–H and O–H groups in total. The molecule has 1 saturated carbocycles. The highest BCUT2D eigenvalue weighted by Gasteiger charge is 2.25. The minimum atomic E-state index is 0.0323. The third kappa shape index (κ3) is 2.49. The molecular formula is C12H17N3O2. The number of anilines is 1. The molecule has 2 heterocycles. The van der Waals surface area contributed by atoms with E-state index in [9.17, 15) is 0 Å². The van der Waals surface area contributed by atoms with E-state index >= 15 is 0 Å². The Balaban J connectivity index is 1.84. The highest BCUT2D eigenvalue weighted by Crippen LogP contribution is 2.30. The van der Waals surface area contributed by atoms with E-state index in [-0.39, 0.29) is 6.10 Å². The Labute approximate surface area is 101 Å². The SMILES string of the molecule is COc1cc(NC2CC2)nc(C2CCCO2)n1. The van der Waals surface area contributed by atoms with E-state index in [1.807, 2.05) is 6.07 Å². The first-order valence-electron chi connectivity index (χ1n) is 6.16. The topological polar surface area (TPSA) is 56.3 Å². The van der Waals surface area contributed by atoms with Crippen molar-refractivity contribution in [3.8, 4) is 5.88 Å². The van der Waals surface area contributed by atoms with Crippen molar-refractivity contribution in [1.29, 1.82) is 0 Å². The second-order valence-corrected chi connectivity index (χ2v) is 4.57. The summed E-state index contributed by atoms with van der Waals surface area (Å²) in [5.41, 5.74) is 0. The lowest BCUT2D eigenvalue weighted by atomic mass is 10.2. The molecule has 3 rings (SSSR count). The number of nitrogens with one attached hydrogen (secondary N) is 1. The van der Waals surface area contributed by atoms with Crippen molar-refractivity contribution in [3.05, 3.63) is 11.9 Å². The van der Waals surface area contributed by atoms with Gasteiger partial charge >= 0.3 is 0 Å². The fourth-order valence-corrected chi connectivity index (χ4v) is 1.98. The van der Waals surface area contributed by atoms with Gasteiger partial charge in [-0.1, -0.05) is 0 Å². The lowest BCUT2D eigenvalue weighted by Gasteiger charge is -2.12. The summed E-state index contributed by atoms with van der Waals surface area (Å²) in [5.74, 6) is 2.20. The van der Waals surface area contributed by atoms with Gasteiger partial charge in [0.15, 0.2) is 5.82 Å². The quantitative estimate of drug-likeness (QED) is 0.864. The molecule has 5 nitrogen and oxygen atoms in total. The average Bonchev–Trinajstić information content (AvgIpc) is 2.99. The van der Waals surface area contributed by atoms with Crippen LogP contribution >= 0.6 is 0 Å². The number of hydrogen-bond acceptors (Lipinski definition) is 5. The molecule has 1 aromatic heterocycles. The molecule has 0 spiro atoms. The van der Waals surface area contributed by atoms with Crippen LogP contribution in [0.2, 0.25) is 0 Å². The normalized spacial score (nSPS) is 23.7. The minimum Gasteiger partial charge on any atom is -0.481 e. The van der Waals surface area contributed by atoms with Crippen LogP contribution in [0.5, 0.6) is 5.88 Å². The lowest BCUT2D eigenvalue weighted by Crippen LogP contribution is -2.09. The summed E-state index contributed by atoms with van der Waals surface area (Å²) in [6.45, 7) is 0.802. The summed E-state index contributed by atoms with van der Waals surface area (Å²) >= 11 is 0. The Morgan fingerprint density at radius 1 is 1.35 bits per heavy atom. The van der Waals surface area contributed by atoms with Gasteiger partial charge in [-0.2, -0.15) is 4.98 Å². The van der Waals surface area contributed by atoms with Gasteiger partial charge < -0.3 is 14.8 Å². The third-order valence-corrected chi connectivity index (χ3v) is 3.08. The van der Waals surface area contributed by atoms with Crippen molar-refractivity contribution < 1.29 is 9.47 Å². The summed E-state index contributed by atoms with van der Waals surface area (Å²) in [7, 11) is 1.63. The molecule has 1 saturated heterocycles. The smallest absolute Gasteiger partial charge is 0.218 e. The second-order valence-electron chi connectivity index (χ2n) is 4.57. The fraction of sp³-hybridized carbons (Fsp3) is 0.667. The highest BCUT2D eigenvalue weighted by molar-refractivity contribution is 5.40. The van der Waals surface area contributed by atoms with Gasteiger partial charge in [0.1, 0.15) is 11.9 Å². The molecule has 0 bridgehead atoms. The van der Waals surface area contributed by atoms with Crippen LogP contribution in [-0.4, -0.2) is 29.7 Å². The molecule has 1 atom stereocenters. The standard InChI is InChI=1S/C12H17N3O2/c1-16-11-7-10(13-8-4-5-8)14-12(15-11)9-3-2-6-17-9/h7-9H,2-6H2,1H3,(H,13,14,15). The third-order valence-electron chi connectivity index (χ3n) is 3.08. The lowest BCUT2D eigenvalue weighted by molar-refractivity contribution is 0.104. The number of hydrogen-bond donors (Lipinski definition) is 1. The number of methoxy groups -OCH3 is 1. The van der Waals surface area contributed by atoms with Crippen molar-refractivity contribution >= 4 is 5.82 Å². The highest BCUT2D eigenvalue weighted by atomic mass is 16.5. The van der Waals surface area contributed by atoms with Crippen LogP contribution in [-0.2, 0) is 4.74 Å². The average molecular weight is 235 g/mol. The molecule has 0 amide bonds. The van der Waals surface area contributed by atoms with Gasteiger partial charge in [-0.15, -0.1) is 0 Å². The summed E-state index contributed by atoms with van der Waals surface area (Å²) in [6, 6.07) is 2.42. The van der Waals surface area contributed by atoms with E-state index in [0.717, 1.165) is 31.1 Å². The van der Waals surface area contributed by atoms with E-state index in [1.54, 1.807) is 7.11 Å². The Morgan fingerprint density at radius 2 is 2.24 bits per heavy atom. The molecule has 17 heavy (non-hydrogen) atoms. The molecule has 2 fully saturated rings. The zero-order chi connectivity index (χ0) is 11.7. The number of ether oxygens (including phenoxy) is 2. The number of nitrogens with zero attached hydrogens (tertiary/aromatic N) is 2. The Kier molecular flexibility index (Phi) is 2.84. The number of rotatable bonds is 4. The summed E-state index contributed by atoms with van der Waals surface area (Å²) in [4.78, 5) is 8.88. The van der Waals surface area contributed by atoms with Crippen LogP contribution in [0.15, 0.2) is 6.07 Å². The van der Waals surface area contributed by atoms with E-state index in [4.69, 9.17) is 9.47 Å². The molecule has 1 aliphatic carbocycles. The van der Waals surface area contributed by atoms with Crippen LogP contribution in [0.3, 0.4) is 0 Å². The van der Waals surface area contributed by atoms with Gasteiger partial charge in [-0.3, -0.25) is 0 Å². The van der Waals surface area contributed by atoms with Crippen LogP contribution < -0.4 is 10.1 Å². The van der Waals surface area contributed by atoms with E-state index in [1.165, 1.54) is 12.8 Å². The Morgan fingerprint density at radius 3 is 2.88 bits per heavy atom. The van der Waals surface area contributed by atoms with E-state index in [0.29, 0.717) is 11.9 Å². The van der Waals surface area contributed by atoms with Gasteiger partial charge in [0.25, 0.3) is 0 Å². The molecule has 1 aromatic rings. The zero-order valence-corrected chi connectivity index (χ0v) is 9.98. The van der Waals surface area contributed by atoms with Crippen molar-refractivity contribution in [2.75, 3.05) is 19.0 Å². The molecular weight excluding hydrogens is 218 g/mol. The van der Waals surface area contributed by atoms with Crippen molar-refractivity contribution in [2.24, 2.45) is 0 Å². The van der Waals surface area contributed by atoms with Gasteiger partial charge in [0, 0.05) is 18.7 Å². The maximum absolute atomic E-state index is 5.61.